The van der Waals surface area contributed by atoms with Crippen LogP contribution in [0.3, 0.4) is 0 Å². The first kappa shape index (κ1) is 19.1. The van der Waals surface area contributed by atoms with Gasteiger partial charge in [0.25, 0.3) is 0 Å². The molecular weight excluding hydrogens is 364 g/mol. The molecule has 6 nitrogen and oxygen atoms in total. The number of allylic oxidation sites excluding steroid dienone is 2. The van der Waals surface area contributed by atoms with E-state index in [9.17, 15) is 0 Å². The van der Waals surface area contributed by atoms with Crippen molar-refractivity contribution in [1.29, 1.82) is 0 Å². The smallest absolute Gasteiger partial charge is 0.162 e. The lowest BCUT2D eigenvalue weighted by molar-refractivity contribution is 0.333. The second-order valence-corrected chi connectivity index (χ2v) is 7.68. The molecule has 0 spiro atoms. The number of aromatic nitrogens is 2. The Hall–Kier alpha value is -3.28. The van der Waals surface area contributed by atoms with E-state index < -0.39 is 0 Å². The monoisotopic (exact) mass is 390 g/mol. The summed E-state index contributed by atoms with van der Waals surface area (Å²) in [4.78, 5) is 11.5. The summed E-state index contributed by atoms with van der Waals surface area (Å²) in [7, 11) is 3.25. The van der Waals surface area contributed by atoms with Crippen LogP contribution in [0.4, 0.5) is 5.82 Å². The second-order valence-electron chi connectivity index (χ2n) is 7.68. The molecule has 0 atom stereocenters. The molecule has 0 aliphatic carbocycles. The number of hydrogen-bond donors (Lipinski definition) is 1. The Balaban J connectivity index is 1.97. The highest BCUT2D eigenvalue weighted by Crippen LogP contribution is 2.37. The molecule has 0 fully saturated rings. The Morgan fingerprint density at radius 3 is 2.45 bits per heavy atom. The number of anilines is 1. The van der Waals surface area contributed by atoms with E-state index in [1.165, 1.54) is 5.57 Å². The zero-order valence-electron chi connectivity index (χ0n) is 17.5. The van der Waals surface area contributed by atoms with Gasteiger partial charge >= 0.3 is 0 Å². The third kappa shape index (κ3) is 3.35. The quantitative estimate of drug-likeness (QED) is 0.666. The number of nitrogens with two attached hydrogens (primary N) is 1. The highest BCUT2D eigenvalue weighted by Gasteiger charge is 2.17. The van der Waals surface area contributed by atoms with Crippen molar-refractivity contribution in [3.05, 3.63) is 47.9 Å². The van der Waals surface area contributed by atoms with Gasteiger partial charge in [0.1, 0.15) is 5.82 Å². The normalized spacial score (nSPS) is 14.3. The number of fused-ring (bicyclic) bond motifs is 3. The maximum atomic E-state index is 6.34. The average Bonchev–Trinajstić information content (AvgIpc) is 2.71. The molecule has 1 aliphatic heterocycles. The number of methoxy groups -OCH3 is 2. The van der Waals surface area contributed by atoms with Crippen molar-refractivity contribution in [2.24, 2.45) is 0 Å². The fourth-order valence-corrected chi connectivity index (χ4v) is 3.74. The average molecular weight is 390 g/mol. The first-order chi connectivity index (χ1) is 13.9. The van der Waals surface area contributed by atoms with Gasteiger partial charge in [-0.2, -0.15) is 0 Å². The van der Waals surface area contributed by atoms with E-state index in [1.807, 2.05) is 12.1 Å². The lowest BCUT2D eigenvalue weighted by Crippen LogP contribution is -2.29. The molecule has 6 heteroatoms. The Bertz CT molecular complexity index is 1160. The molecule has 3 aromatic rings. The predicted molar refractivity (Wildman–Crippen MR) is 118 cm³/mol. The number of rotatable bonds is 4. The number of ether oxygens (including phenoxy) is 2. The standard InChI is InChI=1S/C23H26N4O2/c1-13(2)27-11-14(3)6-15(12-27)19-7-16-17-8-21(28-4)22(29-5)9-20(17)25-10-18(16)23(24)26-19/h6-10,12-13H,11H2,1-5H3,(H2,24,26). The minimum absolute atomic E-state index is 0.410. The van der Waals surface area contributed by atoms with E-state index in [-0.39, 0.29) is 0 Å². The Kier molecular flexibility index (Phi) is 4.78. The number of benzene rings is 1. The lowest BCUT2D eigenvalue weighted by Gasteiger charge is -2.29. The summed E-state index contributed by atoms with van der Waals surface area (Å²) in [5.41, 5.74) is 10.4. The van der Waals surface area contributed by atoms with Crippen LogP contribution in [0, 0.1) is 0 Å². The zero-order valence-corrected chi connectivity index (χ0v) is 17.5. The number of nitrogens with zero attached hydrogens (tertiary/aromatic N) is 3. The molecule has 150 valence electrons. The summed E-state index contributed by atoms with van der Waals surface area (Å²) in [5.74, 6) is 1.77. The van der Waals surface area contributed by atoms with E-state index in [2.05, 4.69) is 54.0 Å². The van der Waals surface area contributed by atoms with Gasteiger partial charge in [-0.25, -0.2) is 4.98 Å². The fraction of sp³-hybridized carbons (Fsp3) is 0.304. The van der Waals surface area contributed by atoms with Gasteiger partial charge in [0.05, 0.1) is 25.4 Å². The van der Waals surface area contributed by atoms with Gasteiger partial charge in [-0.15, -0.1) is 0 Å². The summed E-state index contributed by atoms with van der Waals surface area (Å²) >= 11 is 0. The summed E-state index contributed by atoms with van der Waals surface area (Å²) < 4.78 is 10.9. The molecule has 1 aromatic carbocycles. The summed E-state index contributed by atoms with van der Waals surface area (Å²) in [6.45, 7) is 7.44. The molecule has 4 rings (SSSR count). The molecule has 0 saturated carbocycles. The molecule has 0 radical (unpaired) electrons. The third-order valence-corrected chi connectivity index (χ3v) is 5.31. The maximum absolute atomic E-state index is 6.34. The SMILES string of the molecule is COc1cc2ncc3c(N)nc(C4=CN(C(C)C)CC(C)=C4)cc3c2cc1OC. The van der Waals surface area contributed by atoms with Gasteiger partial charge in [-0.1, -0.05) is 11.6 Å². The Morgan fingerprint density at radius 2 is 1.76 bits per heavy atom. The molecule has 0 amide bonds. The van der Waals surface area contributed by atoms with Crippen LogP contribution in [0.25, 0.3) is 27.2 Å². The molecule has 1 aliphatic rings. The molecule has 0 bridgehead atoms. The summed E-state index contributed by atoms with van der Waals surface area (Å²) in [6, 6.07) is 6.33. The van der Waals surface area contributed by atoms with E-state index in [4.69, 9.17) is 15.2 Å². The number of nitrogen functional groups attached to an aromatic ring is 1. The summed E-state index contributed by atoms with van der Waals surface area (Å²) in [5, 5.41) is 2.77. The van der Waals surface area contributed by atoms with E-state index >= 15 is 0 Å². The molecule has 3 heterocycles. The van der Waals surface area contributed by atoms with Gasteiger partial charge in [0.2, 0.25) is 0 Å². The van der Waals surface area contributed by atoms with Crippen LogP contribution in [0.1, 0.15) is 26.5 Å². The topological polar surface area (TPSA) is 73.5 Å². The van der Waals surface area contributed by atoms with Crippen molar-refractivity contribution >= 4 is 33.1 Å². The van der Waals surface area contributed by atoms with Gasteiger partial charge in [-0.05, 0) is 38.3 Å². The largest absolute Gasteiger partial charge is 0.493 e. The number of hydrogen-bond acceptors (Lipinski definition) is 6. The van der Waals surface area contributed by atoms with Gasteiger partial charge in [-0.3, -0.25) is 4.98 Å². The third-order valence-electron chi connectivity index (χ3n) is 5.31. The second kappa shape index (κ2) is 7.28. The first-order valence-electron chi connectivity index (χ1n) is 9.67. The van der Waals surface area contributed by atoms with Crippen LogP contribution in [-0.4, -0.2) is 41.7 Å². The molecule has 0 unspecified atom stereocenters. The van der Waals surface area contributed by atoms with Crippen LogP contribution in [0.15, 0.2) is 42.2 Å². The predicted octanol–water partition coefficient (Wildman–Crippen LogP) is 4.39. The fourth-order valence-electron chi connectivity index (χ4n) is 3.74. The first-order valence-corrected chi connectivity index (χ1v) is 9.67. The zero-order chi connectivity index (χ0) is 20.7. The molecule has 2 N–H and O–H groups in total. The molecule has 29 heavy (non-hydrogen) atoms. The van der Waals surface area contributed by atoms with Crippen molar-refractivity contribution < 1.29 is 9.47 Å². The molecule has 0 saturated heterocycles. The highest BCUT2D eigenvalue weighted by molar-refractivity contribution is 6.10. The lowest BCUT2D eigenvalue weighted by atomic mass is 10.0. The van der Waals surface area contributed by atoms with Crippen LogP contribution < -0.4 is 15.2 Å². The van der Waals surface area contributed by atoms with Crippen molar-refractivity contribution in [2.75, 3.05) is 26.5 Å². The molecule has 2 aromatic heterocycles. The van der Waals surface area contributed by atoms with Crippen molar-refractivity contribution in [3.63, 3.8) is 0 Å². The van der Waals surface area contributed by atoms with E-state index in [1.54, 1.807) is 20.4 Å². The maximum Gasteiger partial charge on any atom is 0.162 e. The molecular formula is C23H26N4O2. The van der Waals surface area contributed by atoms with Gasteiger partial charge < -0.3 is 20.1 Å². The van der Waals surface area contributed by atoms with Gasteiger partial charge in [0.15, 0.2) is 11.5 Å². The highest BCUT2D eigenvalue weighted by atomic mass is 16.5. The van der Waals surface area contributed by atoms with Crippen molar-refractivity contribution in [1.82, 2.24) is 14.9 Å². The van der Waals surface area contributed by atoms with Crippen molar-refractivity contribution in [3.8, 4) is 11.5 Å². The van der Waals surface area contributed by atoms with Crippen LogP contribution in [0.2, 0.25) is 0 Å². The Labute approximate surface area is 170 Å². The minimum atomic E-state index is 0.410. The summed E-state index contributed by atoms with van der Waals surface area (Å²) in [6.07, 6.45) is 6.12. The van der Waals surface area contributed by atoms with Gasteiger partial charge in [0, 0.05) is 47.4 Å². The van der Waals surface area contributed by atoms with Crippen molar-refractivity contribution in [2.45, 2.75) is 26.8 Å². The van der Waals surface area contributed by atoms with Crippen LogP contribution in [-0.2, 0) is 0 Å². The minimum Gasteiger partial charge on any atom is -0.493 e. The van der Waals surface area contributed by atoms with E-state index in [0.717, 1.165) is 39.5 Å². The number of pyridine rings is 2. The van der Waals surface area contributed by atoms with Crippen LogP contribution >= 0.6 is 0 Å². The van der Waals surface area contributed by atoms with Crippen LogP contribution in [0.5, 0.6) is 11.5 Å². The Morgan fingerprint density at radius 1 is 1.03 bits per heavy atom. The van der Waals surface area contributed by atoms with E-state index in [0.29, 0.717) is 23.4 Å².